The van der Waals surface area contributed by atoms with Crippen molar-refractivity contribution in [1.82, 2.24) is 10.2 Å². The first-order valence-corrected chi connectivity index (χ1v) is 9.59. The maximum Gasteiger partial charge on any atom is 0.301 e. The summed E-state index contributed by atoms with van der Waals surface area (Å²) in [4.78, 5) is 27.0. The van der Waals surface area contributed by atoms with Crippen LogP contribution in [0.1, 0.15) is 22.2 Å². The van der Waals surface area contributed by atoms with Crippen LogP contribution < -0.4 is 4.90 Å². The molecule has 28 heavy (non-hydrogen) atoms. The molecular formula is C20H14ClN3O3S. The van der Waals surface area contributed by atoms with Gasteiger partial charge in [-0.3, -0.25) is 14.5 Å². The Balaban J connectivity index is 1.93. The Hall–Kier alpha value is -3.03. The SMILES string of the molecule is Cc1nnc(N2C(=O)C(=O)C(=C(O)c3ccc(Cl)cc3)[C@H]2c2ccccc2)s1. The van der Waals surface area contributed by atoms with E-state index in [0.29, 0.717) is 26.3 Å². The van der Waals surface area contributed by atoms with Gasteiger partial charge in [0.25, 0.3) is 5.78 Å². The van der Waals surface area contributed by atoms with Gasteiger partial charge in [-0.25, -0.2) is 0 Å². The van der Waals surface area contributed by atoms with Crippen LogP contribution in [-0.4, -0.2) is 27.0 Å². The number of aliphatic hydroxyl groups is 1. The van der Waals surface area contributed by atoms with E-state index in [0.717, 1.165) is 0 Å². The zero-order valence-corrected chi connectivity index (χ0v) is 16.2. The summed E-state index contributed by atoms with van der Waals surface area (Å²) in [6, 6.07) is 14.7. The van der Waals surface area contributed by atoms with Gasteiger partial charge < -0.3 is 5.11 Å². The van der Waals surface area contributed by atoms with Crippen LogP contribution in [0.3, 0.4) is 0 Å². The lowest BCUT2D eigenvalue weighted by Gasteiger charge is -2.22. The summed E-state index contributed by atoms with van der Waals surface area (Å²) in [6.07, 6.45) is 0. The van der Waals surface area contributed by atoms with E-state index < -0.39 is 17.7 Å². The predicted molar refractivity (Wildman–Crippen MR) is 107 cm³/mol. The molecule has 3 aromatic rings. The standard InChI is InChI=1S/C20H14ClN3O3S/c1-11-22-23-20(28-11)24-16(12-5-3-2-4-6-12)15(18(26)19(24)27)17(25)13-7-9-14(21)10-8-13/h2-10,16,25H,1H3/t16-/m1/s1. The Kier molecular flexibility index (Phi) is 4.70. The third-order valence-electron chi connectivity index (χ3n) is 4.40. The zero-order valence-electron chi connectivity index (χ0n) is 14.7. The summed E-state index contributed by atoms with van der Waals surface area (Å²) in [6.45, 7) is 1.77. The van der Waals surface area contributed by atoms with Gasteiger partial charge in [0.15, 0.2) is 0 Å². The molecule has 1 N–H and O–H groups in total. The number of Topliss-reactive ketones (excluding diaryl/α,β-unsaturated/α-hetero) is 1. The van der Waals surface area contributed by atoms with Crippen LogP contribution in [0.4, 0.5) is 5.13 Å². The monoisotopic (exact) mass is 411 g/mol. The van der Waals surface area contributed by atoms with Crippen LogP contribution in [0.15, 0.2) is 60.2 Å². The minimum absolute atomic E-state index is 0.00590. The van der Waals surface area contributed by atoms with Crippen molar-refractivity contribution in [3.05, 3.63) is 81.3 Å². The summed E-state index contributed by atoms with van der Waals surface area (Å²) >= 11 is 7.13. The van der Waals surface area contributed by atoms with E-state index >= 15 is 0 Å². The molecule has 0 radical (unpaired) electrons. The van der Waals surface area contributed by atoms with Crippen LogP contribution in [0.25, 0.3) is 5.76 Å². The van der Waals surface area contributed by atoms with Crippen molar-refractivity contribution in [2.24, 2.45) is 0 Å². The first kappa shape index (κ1) is 18.3. The maximum atomic E-state index is 12.9. The van der Waals surface area contributed by atoms with Crippen LogP contribution in [0.5, 0.6) is 0 Å². The number of carbonyl (C=O) groups excluding carboxylic acids is 2. The molecule has 0 aliphatic carbocycles. The quantitative estimate of drug-likeness (QED) is 0.398. The number of benzene rings is 2. The third-order valence-corrected chi connectivity index (χ3v) is 5.49. The highest BCUT2D eigenvalue weighted by molar-refractivity contribution is 7.15. The van der Waals surface area contributed by atoms with Gasteiger partial charge in [-0.2, -0.15) is 0 Å². The fourth-order valence-corrected chi connectivity index (χ4v) is 3.97. The van der Waals surface area contributed by atoms with Crippen LogP contribution >= 0.6 is 22.9 Å². The van der Waals surface area contributed by atoms with Crippen LogP contribution in [0.2, 0.25) is 5.02 Å². The Labute approximate surface area is 169 Å². The molecule has 0 bridgehead atoms. The number of rotatable bonds is 3. The molecule has 0 spiro atoms. The van der Waals surface area contributed by atoms with Crippen molar-refractivity contribution < 1.29 is 14.7 Å². The zero-order chi connectivity index (χ0) is 19.8. The summed E-state index contributed by atoms with van der Waals surface area (Å²) in [5, 5.41) is 20.4. The number of halogens is 1. The number of aryl methyl sites for hydroxylation is 1. The second kappa shape index (κ2) is 7.18. The Morgan fingerprint density at radius 1 is 1.07 bits per heavy atom. The van der Waals surface area contributed by atoms with E-state index in [-0.39, 0.29) is 11.3 Å². The van der Waals surface area contributed by atoms with E-state index in [9.17, 15) is 14.7 Å². The van der Waals surface area contributed by atoms with Gasteiger partial charge in [0.05, 0.1) is 11.6 Å². The van der Waals surface area contributed by atoms with Gasteiger partial charge in [0, 0.05) is 10.6 Å². The fourth-order valence-electron chi connectivity index (χ4n) is 3.13. The summed E-state index contributed by atoms with van der Waals surface area (Å²) in [5.41, 5.74) is 1.09. The number of ketones is 1. The Morgan fingerprint density at radius 2 is 1.75 bits per heavy atom. The maximum absolute atomic E-state index is 12.9. The van der Waals surface area contributed by atoms with E-state index in [4.69, 9.17) is 11.6 Å². The lowest BCUT2D eigenvalue weighted by molar-refractivity contribution is -0.132. The molecule has 1 aliphatic heterocycles. The molecule has 4 rings (SSSR count). The van der Waals surface area contributed by atoms with Gasteiger partial charge in [0.2, 0.25) is 5.13 Å². The number of aromatic nitrogens is 2. The van der Waals surface area contributed by atoms with Crippen molar-refractivity contribution >= 4 is 45.5 Å². The van der Waals surface area contributed by atoms with Crippen molar-refractivity contribution in [3.8, 4) is 0 Å². The minimum atomic E-state index is -0.802. The predicted octanol–water partition coefficient (Wildman–Crippen LogP) is 4.13. The number of carbonyl (C=O) groups is 2. The average Bonchev–Trinajstić information content (AvgIpc) is 3.24. The van der Waals surface area contributed by atoms with Gasteiger partial charge in [-0.05, 0) is 36.8 Å². The Bertz CT molecular complexity index is 1090. The van der Waals surface area contributed by atoms with E-state index in [1.165, 1.54) is 16.2 Å². The average molecular weight is 412 g/mol. The minimum Gasteiger partial charge on any atom is -0.507 e. The molecular weight excluding hydrogens is 398 g/mol. The number of amides is 1. The molecule has 1 fully saturated rings. The second-order valence-corrected chi connectivity index (χ2v) is 7.79. The molecule has 2 aromatic carbocycles. The number of nitrogens with zero attached hydrogens (tertiary/aromatic N) is 3. The number of hydrogen-bond acceptors (Lipinski definition) is 6. The van der Waals surface area contributed by atoms with Crippen molar-refractivity contribution in [2.75, 3.05) is 4.90 Å². The van der Waals surface area contributed by atoms with Gasteiger partial charge in [-0.1, -0.05) is 53.3 Å². The van der Waals surface area contributed by atoms with Gasteiger partial charge >= 0.3 is 5.91 Å². The highest BCUT2D eigenvalue weighted by Crippen LogP contribution is 2.42. The molecule has 1 aliphatic rings. The smallest absolute Gasteiger partial charge is 0.301 e. The normalized spacial score (nSPS) is 18.6. The van der Waals surface area contributed by atoms with Crippen molar-refractivity contribution in [1.29, 1.82) is 0 Å². The molecule has 2 heterocycles. The largest absolute Gasteiger partial charge is 0.507 e. The molecule has 1 aromatic heterocycles. The number of anilines is 1. The molecule has 1 amide bonds. The summed E-state index contributed by atoms with van der Waals surface area (Å²) in [5.74, 6) is -1.78. The van der Waals surface area contributed by atoms with E-state index in [2.05, 4.69) is 10.2 Å². The molecule has 6 nitrogen and oxygen atoms in total. The Morgan fingerprint density at radius 3 is 2.36 bits per heavy atom. The van der Waals surface area contributed by atoms with Crippen LogP contribution in [0, 0.1) is 6.92 Å². The highest BCUT2D eigenvalue weighted by Gasteiger charge is 2.48. The highest BCUT2D eigenvalue weighted by atomic mass is 35.5. The van der Waals surface area contributed by atoms with E-state index in [1.54, 1.807) is 43.3 Å². The molecule has 8 heteroatoms. The van der Waals surface area contributed by atoms with Gasteiger partial charge in [-0.15, -0.1) is 10.2 Å². The molecule has 0 saturated carbocycles. The first-order valence-electron chi connectivity index (χ1n) is 8.39. The summed E-state index contributed by atoms with van der Waals surface area (Å²) < 4.78 is 0. The third kappa shape index (κ3) is 3.08. The van der Waals surface area contributed by atoms with Crippen molar-refractivity contribution in [3.63, 3.8) is 0 Å². The lowest BCUT2D eigenvalue weighted by Crippen LogP contribution is -2.29. The second-order valence-electron chi connectivity index (χ2n) is 6.19. The number of aliphatic hydroxyl groups excluding tert-OH is 1. The van der Waals surface area contributed by atoms with Crippen LogP contribution in [-0.2, 0) is 9.59 Å². The molecule has 140 valence electrons. The summed E-state index contributed by atoms with van der Waals surface area (Å²) in [7, 11) is 0. The number of hydrogen-bond donors (Lipinski definition) is 1. The lowest BCUT2D eigenvalue weighted by atomic mass is 9.95. The van der Waals surface area contributed by atoms with Gasteiger partial charge in [0.1, 0.15) is 10.8 Å². The molecule has 1 atom stereocenters. The molecule has 0 unspecified atom stereocenters. The van der Waals surface area contributed by atoms with Crippen molar-refractivity contribution in [2.45, 2.75) is 13.0 Å². The topological polar surface area (TPSA) is 83.4 Å². The first-order chi connectivity index (χ1) is 13.5. The van der Waals surface area contributed by atoms with E-state index in [1.807, 2.05) is 18.2 Å². The fraction of sp³-hybridized carbons (Fsp3) is 0.100. The molecule has 1 saturated heterocycles.